The van der Waals surface area contributed by atoms with Crippen LogP contribution < -0.4 is 21.7 Å². The van der Waals surface area contributed by atoms with E-state index in [4.69, 9.17) is 10.7 Å². The first kappa shape index (κ1) is 22.4. The van der Waals surface area contributed by atoms with Crippen molar-refractivity contribution < 1.29 is 9.59 Å². The molecule has 0 bridgehead atoms. The van der Waals surface area contributed by atoms with E-state index in [-0.39, 0.29) is 11.9 Å². The largest absolute Gasteiger partial charge is 0.382 e. The summed E-state index contributed by atoms with van der Waals surface area (Å²) >= 11 is 2.70. The molecule has 0 atom stereocenters. The molecule has 4 rings (SSSR count). The number of amides is 3. The third-order valence-corrected chi connectivity index (χ3v) is 6.84. The van der Waals surface area contributed by atoms with E-state index in [2.05, 4.69) is 20.9 Å². The second-order valence-corrected chi connectivity index (χ2v) is 8.88. The van der Waals surface area contributed by atoms with Gasteiger partial charge in [0.1, 0.15) is 15.7 Å². The fourth-order valence-corrected chi connectivity index (χ4v) is 5.02. The van der Waals surface area contributed by atoms with Gasteiger partial charge >= 0.3 is 6.03 Å². The van der Waals surface area contributed by atoms with Crippen LogP contribution in [0.1, 0.15) is 22.8 Å². The van der Waals surface area contributed by atoms with Crippen LogP contribution in [0.15, 0.2) is 53.9 Å². The first-order valence-corrected chi connectivity index (χ1v) is 11.9. The van der Waals surface area contributed by atoms with Crippen LogP contribution in [0.3, 0.4) is 0 Å². The van der Waals surface area contributed by atoms with Gasteiger partial charge in [0, 0.05) is 29.2 Å². The third kappa shape index (κ3) is 5.02. The van der Waals surface area contributed by atoms with Gasteiger partial charge in [-0.1, -0.05) is 48.6 Å². The SMILES string of the molecule is CCc1ccccc1C(=O)Nc1cccc(-c2csc(-c3sc(NC(=O)NC)nc3N)n2)c1. The number of carbonyl (C=O) groups is 2. The third-order valence-electron chi connectivity index (χ3n) is 4.86. The molecule has 0 unspecified atom stereocenters. The van der Waals surface area contributed by atoms with Crippen LogP contribution >= 0.6 is 22.7 Å². The van der Waals surface area contributed by atoms with E-state index in [0.717, 1.165) is 23.2 Å². The van der Waals surface area contributed by atoms with Crippen LogP contribution in [0, 0.1) is 0 Å². The highest BCUT2D eigenvalue weighted by molar-refractivity contribution is 7.23. The Bertz CT molecular complexity index is 1310. The number of benzene rings is 2. The van der Waals surface area contributed by atoms with E-state index in [1.807, 2.05) is 60.8 Å². The van der Waals surface area contributed by atoms with Crippen LogP contribution in [0.4, 0.5) is 21.4 Å². The molecule has 10 heteroatoms. The number of rotatable bonds is 6. The highest BCUT2D eigenvalue weighted by Gasteiger charge is 2.16. The van der Waals surface area contributed by atoms with E-state index in [1.165, 1.54) is 29.7 Å². The molecule has 0 aliphatic carbocycles. The lowest BCUT2D eigenvalue weighted by Crippen LogP contribution is -2.24. The van der Waals surface area contributed by atoms with Crippen molar-refractivity contribution in [1.29, 1.82) is 0 Å². The maximum atomic E-state index is 12.8. The Balaban J connectivity index is 1.54. The maximum absolute atomic E-state index is 12.8. The van der Waals surface area contributed by atoms with Crippen molar-refractivity contribution >= 4 is 51.2 Å². The smallest absolute Gasteiger partial charge is 0.320 e. The van der Waals surface area contributed by atoms with Gasteiger partial charge in [0.05, 0.1) is 5.69 Å². The second-order valence-electron chi connectivity index (χ2n) is 7.02. The van der Waals surface area contributed by atoms with Gasteiger partial charge in [-0.15, -0.1) is 11.3 Å². The zero-order valence-corrected chi connectivity index (χ0v) is 19.6. The first-order valence-electron chi connectivity index (χ1n) is 10.2. The van der Waals surface area contributed by atoms with Crippen LogP contribution in [-0.2, 0) is 6.42 Å². The van der Waals surface area contributed by atoms with E-state index in [0.29, 0.717) is 32.1 Å². The van der Waals surface area contributed by atoms with Gasteiger partial charge in [-0.25, -0.2) is 14.8 Å². The summed E-state index contributed by atoms with van der Waals surface area (Å²) < 4.78 is 0. The Labute approximate surface area is 198 Å². The van der Waals surface area contributed by atoms with Crippen molar-refractivity contribution in [2.75, 3.05) is 23.4 Å². The average molecular weight is 479 g/mol. The van der Waals surface area contributed by atoms with Crippen molar-refractivity contribution in [2.45, 2.75) is 13.3 Å². The van der Waals surface area contributed by atoms with Gasteiger partial charge in [0.25, 0.3) is 5.91 Å². The average Bonchev–Trinajstić information content (AvgIpc) is 3.45. The predicted molar refractivity (Wildman–Crippen MR) is 135 cm³/mol. The topological polar surface area (TPSA) is 122 Å². The Morgan fingerprint density at radius 2 is 1.88 bits per heavy atom. The first-order chi connectivity index (χ1) is 16.0. The lowest BCUT2D eigenvalue weighted by atomic mass is 10.0. The number of nitrogen functional groups attached to an aromatic ring is 1. The maximum Gasteiger partial charge on any atom is 0.320 e. The number of aryl methyl sites for hydroxylation is 1. The summed E-state index contributed by atoms with van der Waals surface area (Å²) in [5.74, 6) is 0.167. The molecule has 5 N–H and O–H groups in total. The summed E-state index contributed by atoms with van der Waals surface area (Å²) in [6.07, 6.45) is 0.784. The van der Waals surface area contributed by atoms with E-state index in [9.17, 15) is 9.59 Å². The lowest BCUT2D eigenvalue weighted by Gasteiger charge is -2.09. The molecule has 2 aromatic carbocycles. The Kier molecular flexibility index (Phi) is 6.66. The van der Waals surface area contributed by atoms with Crippen molar-refractivity contribution in [2.24, 2.45) is 0 Å². The number of anilines is 3. The monoisotopic (exact) mass is 478 g/mol. The second kappa shape index (κ2) is 9.80. The summed E-state index contributed by atoms with van der Waals surface area (Å²) in [7, 11) is 1.53. The Morgan fingerprint density at radius 3 is 2.67 bits per heavy atom. The minimum Gasteiger partial charge on any atom is -0.382 e. The molecular weight excluding hydrogens is 456 g/mol. The van der Waals surface area contributed by atoms with Gasteiger partial charge in [0.2, 0.25) is 0 Å². The standard InChI is InChI=1S/C23H22N6O2S2/c1-3-13-7-4-5-10-16(13)20(30)26-15-9-6-8-14(11-15)17-12-32-21(27-17)18-19(24)28-23(33-18)29-22(31)25-2/h4-12H,3,24H2,1-2H3,(H,26,30)(H2,25,28,29,31). The fourth-order valence-electron chi connectivity index (χ4n) is 3.21. The zero-order valence-electron chi connectivity index (χ0n) is 18.0. The summed E-state index contributed by atoms with van der Waals surface area (Å²) in [4.78, 5) is 33.9. The minimum atomic E-state index is -0.365. The normalized spacial score (nSPS) is 10.6. The number of nitrogens with zero attached hydrogens (tertiary/aromatic N) is 2. The highest BCUT2D eigenvalue weighted by atomic mass is 32.1. The number of aromatic nitrogens is 2. The molecule has 0 spiro atoms. The molecule has 0 aliphatic heterocycles. The number of thiazole rings is 2. The van der Waals surface area contributed by atoms with Crippen molar-refractivity contribution in [3.8, 4) is 21.1 Å². The molecule has 0 radical (unpaired) electrons. The van der Waals surface area contributed by atoms with Crippen LogP contribution in [-0.4, -0.2) is 29.0 Å². The summed E-state index contributed by atoms with van der Waals surface area (Å²) in [6, 6.07) is 14.8. The summed E-state index contributed by atoms with van der Waals surface area (Å²) in [5, 5.41) is 11.1. The molecule has 3 amide bonds. The molecular formula is C23H22N6O2S2. The molecule has 4 aromatic rings. The van der Waals surface area contributed by atoms with Crippen LogP contribution in [0.5, 0.6) is 0 Å². The number of nitrogens with two attached hydrogens (primary N) is 1. The summed E-state index contributed by atoms with van der Waals surface area (Å²) in [5.41, 5.74) is 10.0. The van der Waals surface area contributed by atoms with E-state index >= 15 is 0 Å². The fraction of sp³-hybridized carbons (Fsp3) is 0.130. The molecule has 0 saturated carbocycles. The molecule has 168 valence electrons. The van der Waals surface area contributed by atoms with Crippen molar-refractivity contribution in [3.63, 3.8) is 0 Å². The summed E-state index contributed by atoms with van der Waals surface area (Å²) in [6.45, 7) is 2.03. The molecule has 0 saturated heterocycles. The van der Waals surface area contributed by atoms with Crippen LogP contribution in [0.2, 0.25) is 0 Å². The van der Waals surface area contributed by atoms with Crippen molar-refractivity contribution in [3.05, 3.63) is 65.0 Å². The molecule has 8 nitrogen and oxygen atoms in total. The van der Waals surface area contributed by atoms with E-state index < -0.39 is 0 Å². The van der Waals surface area contributed by atoms with Gasteiger partial charge < -0.3 is 16.4 Å². The van der Waals surface area contributed by atoms with E-state index in [1.54, 1.807) is 0 Å². The quantitative estimate of drug-likeness (QED) is 0.308. The number of hydrogen-bond donors (Lipinski definition) is 4. The Hall–Kier alpha value is -3.76. The molecule has 0 fully saturated rings. The number of nitrogens with one attached hydrogen (secondary N) is 3. The van der Waals surface area contributed by atoms with Crippen LogP contribution in [0.25, 0.3) is 21.1 Å². The molecule has 33 heavy (non-hydrogen) atoms. The Morgan fingerprint density at radius 1 is 1.06 bits per heavy atom. The zero-order chi connectivity index (χ0) is 23.4. The minimum absolute atomic E-state index is 0.142. The molecule has 2 heterocycles. The van der Waals surface area contributed by atoms with Gasteiger partial charge in [-0.3, -0.25) is 10.1 Å². The van der Waals surface area contributed by atoms with Crippen molar-refractivity contribution in [1.82, 2.24) is 15.3 Å². The lowest BCUT2D eigenvalue weighted by molar-refractivity contribution is 0.102. The van der Waals surface area contributed by atoms with Gasteiger partial charge in [-0.2, -0.15) is 0 Å². The number of hydrogen-bond acceptors (Lipinski definition) is 7. The molecule has 2 aromatic heterocycles. The number of urea groups is 1. The highest BCUT2D eigenvalue weighted by Crippen LogP contribution is 2.38. The number of carbonyl (C=O) groups excluding carboxylic acids is 2. The predicted octanol–water partition coefficient (Wildman–Crippen LogP) is 5.08. The van der Waals surface area contributed by atoms with Gasteiger partial charge in [0.15, 0.2) is 5.13 Å². The van der Waals surface area contributed by atoms with Gasteiger partial charge in [-0.05, 0) is 30.2 Å². The molecule has 0 aliphatic rings.